The average Bonchev–Trinajstić information content (AvgIpc) is 1.98. The molecule has 1 atom stereocenters. The maximum Gasteiger partial charge on any atom is -0.0206 e. The Bertz CT molecular complexity index is 111. The van der Waals surface area contributed by atoms with Gasteiger partial charge in [-0.3, -0.25) is 0 Å². The summed E-state index contributed by atoms with van der Waals surface area (Å²) in [6, 6.07) is 0. The third-order valence-corrected chi connectivity index (χ3v) is 2.40. The zero-order valence-corrected chi connectivity index (χ0v) is 8.48. The van der Waals surface area contributed by atoms with Gasteiger partial charge in [0.15, 0.2) is 0 Å². The SMILES string of the molecule is C=C(C(C)C)C(CC)CCC. The monoisotopic (exact) mass is 154 g/mol. The van der Waals surface area contributed by atoms with Gasteiger partial charge >= 0.3 is 0 Å². The lowest BCUT2D eigenvalue weighted by Gasteiger charge is -2.19. The second-order valence-electron chi connectivity index (χ2n) is 3.62. The quantitative estimate of drug-likeness (QED) is 0.524. The third-order valence-electron chi connectivity index (χ3n) is 2.40. The van der Waals surface area contributed by atoms with Gasteiger partial charge in [-0.2, -0.15) is 0 Å². The summed E-state index contributed by atoms with van der Waals surface area (Å²) in [5.41, 5.74) is 1.44. The summed E-state index contributed by atoms with van der Waals surface area (Å²) in [4.78, 5) is 0. The van der Waals surface area contributed by atoms with Crippen LogP contribution in [-0.2, 0) is 0 Å². The van der Waals surface area contributed by atoms with Crippen LogP contribution in [0.25, 0.3) is 0 Å². The fourth-order valence-corrected chi connectivity index (χ4v) is 1.47. The first-order chi connectivity index (χ1) is 5.13. The Hall–Kier alpha value is -0.260. The Balaban J connectivity index is 3.92. The van der Waals surface area contributed by atoms with E-state index in [1.54, 1.807) is 0 Å². The second-order valence-corrected chi connectivity index (χ2v) is 3.62. The van der Waals surface area contributed by atoms with Gasteiger partial charge < -0.3 is 0 Å². The van der Waals surface area contributed by atoms with Crippen molar-refractivity contribution in [3.8, 4) is 0 Å². The van der Waals surface area contributed by atoms with Crippen LogP contribution in [0, 0.1) is 11.8 Å². The first kappa shape index (κ1) is 10.7. The Morgan fingerprint density at radius 2 is 1.82 bits per heavy atom. The zero-order valence-electron chi connectivity index (χ0n) is 8.48. The number of rotatable bonds is 5. The molecule has 0 bridgehead atoms. The van der Waals surface area contributed by atoms with Crippen LogP contribution in [0.15, 0.2) is 12.2 Å². The van der Waals surface area contributed by atoms with Gasteiger partial charge in [0.25, 0.3) is 0 Å². The lowest BCUT2D eigenvalue weighted by molar-refractivity contribution is 0.488. The second kappa shape index (κ2) is 5.40. The van der Waals surface area contributed by atoms with Crippen LogP contribution in [-0.4, -0.2) is 0 Å². The molecule has 0 nitrogen and oxygen atoms in total. The van der Waals surface area contributed by atoms with Crippen LogP contribution in [0.2, 0.25) is 0 Å². The molecule has 0 heteroatoms. The fraction of sp³-hybridized carbons (Fsp3) is 0.818. The molecule has 66 valence electrons. The normalized spacial score (nSPS) is 13.5. The summed E-state index contributed by atoms with van der Waals surface area (Å²) in [6.45, 7) is 13.1. The van der Waals surface area contributed by atoms with Crippen LogP contribution in [0.4, 0.5) is 0 Å². The topological polar surface area (TPSA) is 0 Å². The van der Waals surface area contributed by atoms with Gasteiger partial charge in [0.05, 0.1) is 0 Å². The van der Waals surface area contributed by atoms with Gasteiger partial charge in [-0.05, 0) is 24.7 Å². The molecule has 0 N–H and O–H groups in total. The van der Waals surface area contributed by atoms with Crippen LogP contribution in [0.3, 0.4) is 0 Å². The highest BCUT2D eigenvalue weighted by molar-refractivity contribution is 5.02. The molecule has 0 heterocycles. The van der Waals surface area contributed by atoms with Crippen molar-refractivity contribution < 1.29 is 0 Å². The van der Waals surface area contributed by atoms with E-state index in [9.17, 15) is 0 Å². The first-order valence-corrected chi connectivity index (χ1v) is 4.82. The number of allylic oxidation sites excluding steroid dienone is 1. The van der Waals surface area contributed by atoms with Gasteiger partial charge in [-0.15, -0.1) is 0 Å². The van der Waals surface area contributed by atoms with Crippen LogP contribution in [0.1, 0.15) is 47.0 Å². The average molecular weight is 154 g/mol. The molecule has 0 spiro atoms. The molecule has 0 amide bonds. The van der Waals surface area contributed by atoms with E-state index in [0.717, 1.165) is 5.92 Å². The molecule has 0 saturated heterocycles. The molecule has 1 unspecified atom stereocenters. The Labute approximate surface area is 71.7 Å². The molecule has 0 aromatic carbocycles. The summed E-state index contributed by atoms with van der Waals surface area (Å²) >= 11 is 0. The molecule has 0 aliphatic heterocycles. The molecule has 0 aliphatic rings. The van der Waals surface area contributed by atoms with Crippen LogP contribution in [0.5, 0.6) is 0 Å². The molecular formula is C11H22. The van der Waals surface area contributed by atoms with E-state index in [1.165, 1.54) is 24.8 Å². The number of hydrogen-bond acceptors (Lipinski definition) is 0. The van der Waals surface area contributed by atoms with E-state index < -0.39 is 0 Å². The predicted molar refractivity (Wildman–Crippen MR) is 52.7 cm³/mol. The van der Waals surface area contributed by atoms with E-state index in [0.29, 0.717) is 5.92 Å². The van der Waals surface area contributed by atoms with Gasteiger partial charge in [0.2, 0.25) is 0 Å². The molecule has 0 aromatic rings. The largest absolute Gasteiger partial charge is 0.0993 e. The Kier molecular flexibility index (Phi) is 5.27. The minimum Gasteiger partial charge on any atom is -0.0993 e. The maximum absolute atomic E-state index is 4.14. The van der Waals surface area contributed by atoms with E-state index in [-0.39, 0.29) is 0 Å². The van der Waals surface area contributed by atoms with Crippen molar-refractivity contribution in [3.63, 3.8) is 0 Å². The van der Waals surface area contributed by atoms with Gasteiger partial charge in [0, 0.05) is 0 Å². The Morgan fingerprint density at radius 3 is 2.09 bits per heavy atom. The maximum atomic E-state index is 4.14. The standard InChI is InChI=1S/C11H22/c1-6-8-11(7-2)10(5)9(3)4/h9,11H,5-8H2,1-4H3. The summed E-state index contributed by atoms with van der Waals surface area (Å²) < 4.78 is 0. The molecule has 0 rings (SSSR count). The molecule has 0 radical (unpaired) electrons. The summed E-state index contributed by atoms with van der Waals surface area (Å²) in [5.74, 6) is 1.42. The van der Waals surface area contributed by atoms with Crippen molar-refractivity contribution in [2.45, 2.75) is 47.0 Å². The minimum atomic E-state index is 0.659. The predicted octanol–water partition coefficient (Wildman–Crippen LogP) is 4.02. The van der Waals surface area contributed by atoms with Crippen molar-refractivity contribution in [2.24, 2.45) is 11.8 Å². The van der Waals surface area contributed by atoms with Crippen molar-refractivity contribution in [3.05, 3.63) is 12.2 Å². The number of hydrogen-bond donors (Lipinski definition) is 0. The Morgan fingerprint density at radius 1 is 1.27 bits per heavy atom. The van der Waals surface area contributed by atoms with E-state index in [1.807, 2.05) is 0 Å². The zero-order chi connectivity index (χ0) is 8.85. The molecule has 0 aliphatic carbocycles. The third kappa shape index (κ3) is 3.60. The van der Waals surface area contributed by atoms with Gasteiger partial charge in [0.1, 0.15) is 0 Å². The smallest absolute Gasteiger partial charge is 0.0206 e. The van der Waals surface area contributed by atoms with E-state index >= 15 is 0 Å². The highest BCUT2D eigenvalue weighted by Gasteiger charge is 2.11. The molecular weight excluding hydrogens is 132 g/mol. The van der Waals surface area contributed by atoms with E-state index in [4.69, 9.17) is 0 Å². The fourth-order valence-electron chi connectivity index (χ4n) is 1.47. The van der Waals surface area contributed by atoms with Crippen LogP contribution < -0.4 is 0 Å². The highest BCUT2D eigenvalue weighted by atomic mass is 14.2. The van der Waals surface area contributed by atoms with E-state index in [2.05, 4.69) is 34.3 Å². The molecule has 0 fully saturated rings. The van der Waals surface area contributed by atoms with Crippen molar-refractivity contribution in [2.75, 3.05) is 0 Å². The summed E-state index contributed by atoms with van der Waals surface area (Å²) in [6.07, 6.45) is 3.85. The van der Waals surface area contributed by atoms with Crippen LogP contribution >= 0.6 is 0 Å². The highest BCUT2D eigenvalue weighted by Crippen LogP contribution is 2.24. The molecule has 0 aromatic heterocycles. The summed E-state index contributed by atoms with van der Waals surface area (Å²) in [5, 5.41) is 0. The lowest BCUT2D eigenvalue weighted by atomic mass is 9.86. The minimum absolute atomic E-state index is 0.659. The molecule has 0 saturated carbocycles. The first-order valence-electron chi connectivity index (χ1n) is 4.82. The van der Waals surface area contributed by atoms with Gasteiger partial charge in [-0.1, -0.05) is 46.3 Å². The van der Waals surface area contributed by atoms with Gasteiger partial charge in [-0.25, -0.2) is 0 Å². The molecule has 11 heavy (non-hydrogen) atoms. The van der Waals surface area contributed by atoms with Crippen molar-refractivity contribution >= 4 is 0 Å². The summed E-state index contributed by atoms with van der Waals surface area (Å²) in [7, 11) is 0. The lowest BCUT2D eigenvalue weighted by Crippen LogP contribution is -2.06. The van der Waals surface area contributed by atoms with Crippen molar-refractivity contribution in [1.29, 1.82) is 0 Å². The van der Waals surface area contributed by atoms with Crippen molar-refractivity contribution in [1.82, 2.24) is 0 Å².